The van der Waals surface area contributed by atoms with Crippen LogP contribution in [-0.4, -0.2) is 29.1 Å². The number of anilines is 1. The van der Waals surface area contributed by atoms with Crippen LogP contribution in [0.15, 0.2) is 86.6 Å². The largest absolute Gasteiger partial charge is 0.337 e. The molecule has 1 saturated heterocycles. The number of hydrogen-bond donors (Lipinski definition) is 0. The summed E-state index contributed by atoms with van der Waals surface area (Å²) in [5.74, 6) is 0.105. The molecule has 0 spiro atoms. The van der Waals surface area contributed by atoms with E-state index in [1.54, 1.807) is 11.8 Å². The van der Waals surface area contributed by atoms with Gasteiger partial charge >= 0.3 is 0 Å². The Bertz CT molecular complexity index is 1310. The predicted molar refractivity (Wildman–Crippen MR) is 140 cm³/mol. The second kappa shape index (κ2) is 8.58. The quantitative estimate of drug-likeness (QED) is 0.372. The summed E-state index contributed by atoms with van der Waals surface area (Å²) in [6.07, 6.45) is 5.71. The minimum absolute atomic E-state index is 0.105. The third-order valence-electron chi connectivity index (χ3n) is 6.64. The fraction of sp³-hybridized carbons (Fsp3) is 0.259. The number of carbonyl (C=O) groups is 1. The van der Waals surface area contributed by atoms with Gasteiger partial charge in [-0.2, -0.15) is 0 Å². The van der Waals surface area contributed by atoms with Crippen molar-refractivity contribution in [1.29, 1.82) is 0 Å². The van der Waals surface area contributed by atoms with Gasteiger partial charge in [0.15, 0.2) is 5.17 Å². The zero-order valence-corrected chi connectivity index (χ0v) is 20.2. The Morgan fingerprint density at radius 1 is 0.879 bits per heavy atom. The lowest BCUT2D eigenvalue weighted by molar-refractivity contribution is -0.124. The van der Waals surface area contributed by atoms with Crippen molar-refractivity contribution in [2.45, 2.75) is 43.0 Å². The van der Waals surface area contributed by atoms with Gasteiger partial charge in [0.2, 0.25) is 0 Å². The zero-order chi connectivity index (χ0) is 22.4. The van der Waals surface area contributed by atoms with Gasteiger partial charge in [-0.05, 0) is 59.6 Å². The number of rotatable bonds is 2. The van der Waals surface area contributed by atoms with Crippen molar-refractivity contribution in [3.05, 3.63) is 76.7 Å². The fourth-order valence-electron chi connectivity index (χ4n) is 4.91. The number of thioether (sulfide) groups is 2. The molecule has 3 aliphatic rings. The molecule has 3 aromatic carbocycles. The molecule has 0 radical (unpaired) electrons. The van der Waals surface area contributed by atoms with Gasteiger partial charge in [-0.1, -0.05) is 73.5 Å². The van der Waals surface area contributed by atoms with Crippen molar-refractivity contribution in [3.8, 4) is 0 Å². The molecule has 33 heavy (non-hydrogen) atoms. The van der Waals surface area contributed by atoms with Gasteiger partial charge in [-0.15, -0.1) is 0 Å². The van der Waals surface area contributed by atoms with Gasteiger partial charge in [0.25, 0.3) is 5.91 Å². The molecule has 2 fully saturated rings. The van der Waals surface area contributed by atoms with E-state index in [9.17, 15) is 4.79 Å². The van der Waals surface area contributed by atoms with Gasteiger partial charge in [-0.25, -0.2) is 4.99 Å². The number of amides is 1. The van der Waals surface area contributed by atoms with Crippen molar-refractivity contribution in [2.75, 3.05) is 11.9 Å². The number of aliphatic imine (C=N–C) groups is 1. The molecule has 0 atom stereocenters. The highest BCUT2D eigenvalue weighted by atomic mass is 32.2. The highest BCUT2D eigenvalue weighted by Gasteiger charge is 2.42. The molecule has 166 valence electrons. The number of fused-ring (bicyclic) bond motifs is 2. The molecule has 3 aromatic rings. The van der Waals surface area contributed by atoms with Crippen molar-refractivity contribution < 1.29 is 4.79 Å². The highest BCUT2D eigenvalue weighted by Crippen LogP contribution is 2.50. The second-order valence-corrected chi connectivity index (χ2v) is 10.8. The van der Waals surface area contributed by atoms with Crippen LogP contribution in [0.2, 0.25) is 0 Å². The summed E-state index contributed by atoms with van der Waals surface area (Å²) in [4.78, 5) is 25.0. The van der Waals surface area contributed by atoms with Crippen molar-refractivity contribution >= 4 is 56.7 Å². The van der Waals surface area contributed by atoms with Gasteiger partial charge in [0, 0.05) is 18.0 Å². The smallest absolute Gasteiger partial charge is 0.269 e. The molecule has 4 nitrogen and oxygen atoms in total. The Kier molecular flexibility index (Phi) is 5.43. The van der Waals surface area contributed by atoms with E-state index in [4.69, 9.17) is 4.99 Å². The van der Waals surface area contributed by atoms with Crippen LogP contribution in [0.5, 0.6) is 0 Å². The molecule has 1 amide bonds. The first-order valence-electron chi connectivity index (χ1n) is 11.5. The Morgan fingerprint density at radius 2 is 1.64 bits per heavy atom. The number of benzene rings is 3. The number of carbonyl (C=O) groups excluding carboxylic acids is 1. The first-order valence-corrected chi connectivity index (χ1v) is 13.2. The number of nitrogens with zero attached hydrogens (tertiary/aromatic N) is 3. The molecule has 0 N–H and O–H groups in total. The van der Waals surface area contributed by atoms with Crippen LogP contribution in [0.4, 0.5) is 11.4 Å². The molecule has 1 aliphatic carbocycles. The van der Waals surface area contributed by atoms with Crippen LogP contribution in [-0.2, 0) is 4.79 Å². The van der Waals surface area contributed by atoms with E-state index in [0.717, 1.165) is 44.7 Å². The molecular formula is C27H25N3OS2. The lowest BCUT2D eigenvalue weighted by atomic mass is 9.94. The molecule has 0 unspecified atom stereocenters. The highest BCUT2D eigenvalue weighted by molar-refractivity contribution is 8.19. The normalized spacial score (nSPS) is 22.6. The van der Waals surface area contributed by atoms with Crippen LogP contribution < -0.4 is 4.90 Å². The van der Waals surface area contributed by atoms with Crippen LogP contribution >= 0.6 is 23.5 Å². The van der Waals surface area contributed by atoms with E-state index in [0.29, 0.717) is 0 Å². The fourth-order valence-corrected chi connectivity index (χ4v) is 7.31. The molecule has 0 aromatic heterocycles. The molecule has 0 bridgehead atoms. The maximum absolute atomic E-state index is 13.8. The monoisotopic (exact) mass is 471 g/mol. The van der Waals surface area contributed by atoms with E-state index in [1.807, 2.05) is 11.0 Å². The van der Waals surface area contributed by atoms with Crippen LogP contribution in [0.3, 0.4) is 0 Å². The van der Waals surface area contributed by atoms with Crippen LogP contribution in [0, 0.1) is 0 Å². The van der Waals surface area contributed by atoms with Gasteiger partial charge in [0.1, 0.15) is 4.91 Å². The predicted octanol–water partition coefficient (Wildman–Crippen LogP) is 7.15. The van der Waals surface area contributed by atoms with E-state index < -0.39 is 0 Å². The van der Waals surface area contributed by atoms with Crippen molar-refractivity contribution in [1.82, 2.24) is 4.90 Å². The van der Waals surface area contributed by atoms with Gasteiger partial charge < -0.3 is 4.90 Å². The third-order valence-corrected chi connectivity index (χ3v) is 9.05. The van der Waals surface area contributed by atoms with Gasteiger partial charge in [0.05, 0.1) is 16.4 Å². The average molecular weight is 472 g/mol. The zero-order valence-electron chi connectivity index (χ0n) is 18.5. The first-order chi connectivity index (χ1) is 16.2. The molecule has 2 aliphatic heterocycles. The molecule has 1 saturated carbocycles. The lowest BCUT2D eigenvalue weighted by Gasteiger charge is -2.30. The maximum Gasteiger partial charge on any atom is 0.269 e. The van der Waals surface area contributed by atoms with E-state index >= 15 is 0 Å². The van der Waals surface area contributed by atoms with Crippen LogP contribution in [0.1, 0.15) is 32.1 Å². The number of hydrogen-bond acceptors (Lipinski definition) is 5. The molecular weight excluding hydrogens is 446 g/mol. The van der Waals surface area contributed by atoms with E-state index in [1.165, 1.54) is 41.3 Å². The molecule has 6 heteroatoms. The number of amidine groups is 1. The summed E-state index contributed by atoms with van der Waals surface area (Å²) in [7, 11) is 2.05. The summed E-state index contributed by atoms with van der Waals surface area (Å²) >= 11 is 3.22. The molecule has 2 heterocycles. The standard InChI is InChI=1S/C27H25N3OS2/c1-29-22-13-7-8-14-23(22)32-26(29)24-25(31)30(21-11-3-2-4-12-21)27(33-24)28-20-16-15-18-9-5-6-10-19(18)17-20/h5-10,13-17,21H,2-4,11-12H2,1H3/b26-24-,28-27?. The Balaban J connectivity index is 1.42. The summed E-state index contributed by atoms with van der Waals surface area (Å²) in [6, 6.07) is 23.2. The average Bonchev–Trinajstić information content (AvgIpc) is 3.35. The minimum Gasteiger partial charge on any atom is -0.337 e. The van der Waals surface area contributed by atoms with Gasteiger partial charge in [-0.3, -0.25) is 9.69 Å². The SMILES string of the molecule is CN1/C(=C2/SC(=Nc3ccc4ccccc4c3)N(C3CCCCC3)C2=O)Sc2ccccc21. The Labute approximate surface area is 202 Å². The number of para-hydroxylation sites is 1. The van der Waals surface area contributed by atoms with E-state index in [-0.39, 0.29) is 11.9 Å². The second-order valence-electron chi connectivity index (χ2n) is 8.76. The summed E-state index contributed by atoms with van der Waals surface area (Å²) in [6.45, 7) is 0. The first kappa shape index (κ1) is 20.9. The van der Waals surface area contributed by atoms with Crippen molar-refractivity contribution in [3.63, 3.8) is 0 Å². The van der Waals surface area contributed by atoms with Crippen molar-refractivity contribution in [2.24, 2.45) is 4.99 Å². The third kappa shape index (κ3) is 3.75. The Hall–Kier alpha value is -2.70. The summed E-state index contributed by atoms with van der Waals surface area (Å²) in [5, 5.41) is 4.19. The maximum atomic E-state index is 13.8. The lowest BCUT2D eigenvalue weighted by Crippen LogP contribution is -2.40. The summed E-state index contributed by atoms with van der Waals surface area (Å²) in [5.41, 5.74) is 2.05. The molecule has 6 rings (SSSR count). The Morgan fingerprint density at radius 3 is 2.45 bits per heavy atom. The van der Waals surface area contributed by atoms with Crippen LogP contribution in [0.25, 0.3) is 10.8 Å². The summed E-state index contributed by atoms with van der Waals surface area (Å²) < 4.78 is 0. The minimum atomic E-state index is 0.105. The van der Waals surface area contributed by atoms with E-state index in [2.05, 4.69) is 72.6 Å². The topological polar surface area (TPSA) is 35.9 Å².